The van der Waals surface area contributed by atoms with Crippen LogP contribution in [-0.4, -0.2) is 31.9 Å². The van der Waals surface area contributed by atoms with Crippen molar-refractivity contribution in [3.05, 3.63) is 18.2 Å². The first-order valence-corrected chi connectivity index (χ1v) is 7.10. The lowest BCUT2D eigenvalue weighted by atomic mass is 10.1. The van der Waals surface area contributed by atoms with Crippen molar-refractivity contribution in [2.45, 2.75) is 19.3 Å². The molecule has 1 aromatic rings. The number of hydrogen-bond acceptors (Lipinski definition) is 3. The lowest BCUT2D eigenvalue weighted by Crippen LogP contribution is -2.29. The number of piperidine rings is 1. The summed E-state index contributed by atoms with van der Waals surface area (Å²) in [5, 5.41) is 0. The van der Waals surface area contributed by atoms with Crippen LogP contribution in [-0.2, 0) is 0 Å². The number of halogens is 1. The van der Waals surface area contributed by atoms with Gasteiger partial charge in [0.25, 0.3) is 0 Å². The summed E-state index contributed by atoms with van der Waals surface area (Å²) in [6, 6.07) is 5.90. The van der Waals surface area contributed by atoms with E-state index in [1.165, 1.54) is 19.3 Å². The van der Waals surface area contributed by atoms with Gasteiger partial charge < -0.3 is 15.4 Å². The number of benzene rings is 1. The standard InChI is InChI=1S/C14H20ClN3O/c1-19-13-9-11(17-14(16)10-15)5-6-12(13)18-7-3-2-4-8-18/h5-6,9H,2-4,7-8,10H2,1H3,(H2,16,17). The number of rotatable bonds is 4. The summed E-state index contributed by atoms with van der Waals surface area (Å²) in [6.45, 7) is 2.17. The molecule has 4 nitrogen and oxygen atoms in total. The number of hydrogen-bond donors (Lipinski definition) is 1. The molecule has 1 aliphatic heterocycles. The van der Waals surface area contributed by atoms with Gasteiger partial charge in [0.2, 0.25) is 0 Å². The largest absolute Gasteiger partial charge is 0.495 e. The minimum Gasteiger partial charge on any atom is -0.495 e. The van der Waals surface area contributed by atoms with E-state index >= 15 is 0 Å². The Bertz CT molecular complexity index is 456. The van der Waals surface area contributed by atoms with Gasteiger partial charge in [-0.1, -0.05) is 0 Å². The molecule has 0 aromatic heterocycles. The average Bonchev–Trinajstić information content (AvgIpc) is 2.47. The highest BCUT2D eigenvalue weighted by molar-refractivity contribution is 6.28. The molecule has 0 aliphatic carbocycles. The molecule has 104 valence electrons. The summed E-state index contributed by atoms with van der Waals surface area (Å²) in [6.07, 6.45) is 3.79. The van der Waals surface area contributed by atoms with Crippen molar-refractivity contribution in [1.82, 2.24) is 0 Å². The van der Waals surface area contributed by atoms with E-state index in [0.29, 0.717) is 5.84 Å². The van der Waals surface area contributed by atoms with Crippen molar-refractivity contribution in [3.8, 4) is 5.75 Å². The summed E-state index contributed by atoms with van der Waals surface area (Å²) < 4.78 is 5.47. The van der Waals surface area contributed by atoms with Gasteiger partial charge in [-0.05, 0) is 31.4 Å². The van der Waals surface area contributed by atoms with Crippen LogP contribution in [0.2, 0.25) is 0 Å². The van der Waals surface area contributed by atoms with E-state index < -0.39 is 0 Å². The molecule has 0 amide bonds. The third-order valence-corrected chi connectivity index (χ3v) is 3.54. The average molecular weight is 282 g/mol. The molecule has 19 heavy (non-hydrogen) atoms. The lowest BCUT2D eigenvalue weighted by molar-refractivity contribution is 0.413. The van der Waals surface area contributed by atoms with E-state index in [0.717, 1.165) is 30.2 Å². The first-order chi connectivity index (χ1) is 9.24. The molecule has 0 atom stereocenters. The minimum absolute atomic E-state index is 0.232. The molecule has 0 spiro atoms. The Labute approximate surface area is 119 Å². The monoisotopic (exact) mass is 281 g/mol. The maximum atomic E-state index is 5.64. The van der Waals surface area contributed by atoms with E-state index in [4.69, 9.17) is 22.1 Å². The Morgan fingerprint density at radius 2 is 2.11 bits per heavy atom. The fourth-order valence-electron chi connectivity index (χ4n) is 2.33. The molecule has 0 unspecified atom stereocenters. The van der Waals surface area contributed by atoms with E-state index in [1.807, 2.05) is 18.2 Å². The van der Waals surface area contributed by atoms with Gasteiger partial charge in [0.05, 0.1) is 24.4 Å². The van der Waals surface area contributed by atoms with Crippen molar-refractivity contribution in [1.29, 1.82) is 0 Å². The highest BCUT2D eigenvalue weighted by Crippen LogP contribution is 2.33. The van der Waals surface area contributed by atoms with Crippen molar-refractivity contribution in [2.24, 2.45) is 10.7 Å². The number of anilines is 1. The van der Waals surface area contributed by atoms with E-state index in [-0.39, 0.29) is 5.88 Å². The summed E-state index contributed by atoms with van der Waals surface area (Å²) >= 11 is 5.63. The second kappa shape index (κ2) is 6.66. The lowest BCUT2D eigenvalue weighted by Gasteiger charge is -2.30. The molecule has 5 heteroatoms. The van der Waals surface area contributed by atoms with Crippen LogP contribution in [0.1, 0.15) is 19.3 Å². The van der Waals surface area contributed by atoms with Gasteiger partial charge in [-0.3, -0.25) is 0 Å². The Balaban J connectivity index is 2.25. The number of alkyl halides is 1. The van der Waals surface area contributed by atoms with Crippen LogP contribution in [0.4, 0.5) is 11.4 Å². The highest BCUT2D eigenvalue weighted by Gasteiger charge is 2.15. The topological polar surface area (TPSA) is 50.9 Å². The molecule has 1 aromatic carbocycles. The van der Waals surface area contributed by atoms with E-state index in [1.54, 1.807) is 7.11 Å². The molecule has 0 saturated carbocycles. The van der Waals surface area contributed by atoms with Gasteiger partial charge in [-0.25, -0.2) is 4.99 Å². The predicted octanol–water partition coefficient (Wildman–Crippen LogP) is 2.91. The van der Waals surface area contributed by atoms with Gasteiger partial charge in [0.15, 0.2) is 0 Å². The Hall–Kier alpha value is -1.42. The molecule has 0 bridgehead atoms. The normalized spacial score (nSPS) is 16.5. The van der Waals surface area contributed by atoms with Crippen LogP contribution >= 0.6 is 11.6 Å². The van der Waals surface area contributed by atoms with Gasteiger partial charge in [0.1, 0.15) is 11.6 Å². The Morgan fingerprint density at radius 1 is 1.37 bits per heavy atom. The summed E-state index contributed by atoms with van der Waals surface area (Å²) in [5.41, 5.74) is 7.55. The maximum Gasteiger partial charge on any atom is 0.144 e. The molecule has 2 N–H and O–H groups in total. The predicted molar refractivity (Wildman–Crippen MR) is 81.1 cm³/mol. The van der Waals surface area contributed by atoms with Gasteiger partial charge in [-0.2, -0.15) is 0 Å². The van der Waals surface area contributed by atoms with Crippen LogP contribution in [0.15, 0.2) is 23.2 Å². The van der Waals surface area contributed by atoms with Crippen molar-refractivity contribution >= 4 is 28.8 Å². The molecule has 1 saturated heterocycles. The SMILES string of the molecule is COc1cc(N=C(N)CCl)ccc1N1CCCCC1. The minimum atomic E-state index is 0.232. The van der Waals surface area contributed by atoms with Gasteiger partial charge in [0, 0.05) is 19.2 Å². The number of nitrogens with zero attached hydrogens (tertiary/aromatic N) is 2. The maximum absolute atomic E-state index is 5.64. The second-order valence-electron chi connectivity index (χ2n) is 4.64. The molecule has 1 aliphatic rings. The fourth-order valence-corrected chi connectivity index (χ4v) is 2.39. The van der Waals surface area contributed by atoms with Crippen molar-refractivity contribution in [3.63, 3.8) is 0 Å². The zero-order valence-corrected chi connectivity index (χ0v) is 12.0. The molecule has 1 fully saturated rings. The first kappa shape index (κ1) is 14.0. The fraction of sp³-hybridized carbons (Fsp3) is 0.500. The van der Waals surface area contributed by atoms with E-state index in [9.17, 15) is 0 Å². The molecule has 0 radical (unpaired) electrons. The van der Waals surface area contributed by atoms with Crippen LogP contribution < -0.4 is 15.4 Å². The summed E-state index contributed by atoms with van der Waals surface area (Å²) in [4.78, 5) is 6.60. The highest BCUT2D eigenvalue weighted by atomic mass is 35.5. The molecule has 2 rings (SSSR count). The number of nitrogens with two attached hydrogens (primary N) is 1. The van der Waals surface area contributed by atoms with Gasteiger partial charge in [-0.15, -0.1) is 11.6 Å². The number of ether oxygens (including phenoxy) is 1. The first-order valence-electron chi connectivity index (χ1n) is 6.56. The van der Waals surface area contributed by atoms with E-state index in [2.05, 4.69) is 9.89 Å². The smallest absolute Gasteiger partial charge is 0.144 e. The van der Waals surface area contributed by atoms with Crippen LogP contribution in [0.5, 0.6) is 5.75 Å². The van der Waals surface area contributed by atoms with Crippen LogP contribution in [0.3, 0.4) is 0 Å². The molecular weight excluding hydrogens is 262 g/mol. The Morgan fingerprint density at radius 3 is 2.74 bits per heavy atom. The number of aliphatic imine (C=N–C) groups is 1. The van der Waals surface area contributed by atoms with Crippen molar-refractivity contribution in [2.75, 3.05) is 31.0 Å². The van der Waals surface area contributed by atoms with Crippen LogP contribution in [0.25, 0.3) is 0 Å². The third kappa shape index (κ3) is 3.53. The summed E-state index contributed by atoms with van der Waals surface area (Å²) in [5.74, 6) is 1.48. The zero-order chi connectivity index (χ0) is 13.7. The Kier molecular flexibility index (Phi) is 4.91. The number of methoxy groups -OCH3 is 1. The zero-order valence-electron chi connectivity index (χ0n) is 11.2. The molecule has 1 heterocycles. The quantitative estimate of drug-likeness (QED) is 0.524. The second-order valence-corrected chi connectivity index (χ2v) is 4.91. The van der Waals surface area contributed by atoms with Gasteiger partial charge >= 0.3 is 0 Å². The molecular formula is C14H20ClN3O. The number of amidine groups is 1. The van der Waals surface area contributed by atoms with Crippen LogP contribution in [0, 0.1) is 0 Å². The van der Waals surface area contributed by atoms with Crippen molar-refractivity contribution < 1.29 is 4.74 Å². The summed E-state index contributed by atoms with van der Waals surface area (Å²) in [7, 11) is 1.68. The third-order valence-electron chi connectivity index (χ3n) is 3.27.